The molecule has 102 valence electrons. The van der Waals surface area contributed by atoms with Gasteiger partial charge in [0.1, 0.15) is 0 Å². The van der Waals surface area contributed by atoms with Crippen molar-refractivity contribution in [3.05, 3.63) is 24.5 Å². The highest BCUT2D eigenvalue weighted by Gasteiger charge is 2.44. The summed E-state index contributed by atoms with van der Waals surface area (Å²) in [5, 5.41) is 2.93. The number of likely N-dealkylation sites (tertiary alicyclic amines) is 1. The Hall–Kier alpha value is -1.46. The second-order valence-electron chi connectivity index (χ2n) is 5.22. The van der Waals surface area contributed by atoms with E-state index in [0.29, 0.717) is 0 Å². The molecule has 3 unspecified atom stereocenters. The van der Waals surface area contributed by atoms with Crippen LogP contribution in [0.5, 0.6) is 0 Å². The summed E-state index contributed by atoms with van der Waals surface area (Å²) >= 11 is 0. The zero-order valence-electron chi connectivity index (χ0n) is 11.1. The van der Waals surface area contributed by atoms with Gasteiger partial charge in [0.15, 0.2) is 0 Å². The van der Waals surface area contributed by atoms with Crippen LogP contribution < -0.4 is 5.32 Å². The van der Waals surface area contributed by atoms with Gasteiger partial charge in [0.25, 0.3) is 0 Å². The lowest BCUT2D eigenvalue weighted by Gasteiger charge is -2.31. The summed E-state index contributed by atoms with van der Waals surface area (Å²) in [5.74, 6) is 0.0141. The van der Waals surface area contributed by atoms with E-state index >= 15 is 0 Å². The molecule has 1 amide bonds. The van der Waals surface area contributed by atoms with E-state index in [1.807, 2.05) is 12.1 Å². The number of amides is 1. The Balaban J connectivity index is 1.65. The van der Waals surface area contributed by atoms with Gasteiger partial charge >= 0.3 is 0 Å². The van der Waals surface area contributed by atoms with Gasteiger partial charge in [-0.3, -0.25) is 14.7 Å². The van der Waals surface area contributed by atoms with Crippen LogP contribution in [0.1, 0.15) is 13.3 Å². The van der Waals surface area contributed by atoms with Crippen LogP contribution in [0.4, 0.5) is 5.69 Å². The van der Waals surface area contributed by atoms with Gasteiger partial charge in [-0.05, 0) is 25.1 Å². The molecule has 3 rings (SSSR count). The van der Waals surface area contributed by atoms with Crippen LogP contribution in [-0.2, 0) is 9.53 Å². The van der Waals surface area contributed by atoms with Gasteiger partial charge in [0.05, 0.1) is 30.0 Å². The van der Waals surface area contributed by atoms with E-state index in [9.17, 15) is 4.79 Å². The van der Waals surface area contributed by atoms with Crippen LogP contribution >= 0.6 is 0 Å². The molecular weight excluding hydrogens is 242 g/mol. The number of nitrogens with one attached hydrogen (secondary N) is 1. The maximum atomic E-state index is 12.3. The molecule has 0 aromatic carbocycles. The lowest BCUT2D eigenvalue weighted by molar-refractivity contribution is -0.122. The third-order valence-corrected chi connectivity index (χ3v) is 3.95. The molecule has 2 bridgehead atoms. The van der Waals surface area contributed by atoms with Crippen molar-refractivity contribution in [1.29, 1.82) is 0 Å². The quantitative estimate of drug-likeness (QED) is 0.886. The number of carbonyl (C=O) groups excluding carboxylic acids is 1. The van der Waals surface area contributed by atoms with Gasteiger partial charge in [0.2, 0.25) is 5.91 Å². The van der Waals surface area contributed by atoms with E-state index in [2.05, 4.69) is 22.1 Å². The number of hydrogen-bond donors (Lipinski definition) is 1. The Morgan fingerprint density at radius 2 is 2.47 bits per heavy atom. The Morgan fingerprint density at radius 1 is 1.58 bits per heavy atom. The highest BCUT2D eigenvalue weighted by Crippen LogP contribution is 2.32. The van der Waals surface area contributed by atoms with Crippen molar-refractivity contribution in [2.45, 2.75) is 25.6 Å². The van der Waals surface area contributed by atoms with Crippen LogP contribution in [0.3, 0.4) is 0 Å². The minimum Gasteiger partial charge on any atom is -0.371 e. The number of pyridine rings is 1. The molecule has 2 aliphatic heterocycles. The maximum absolute atomic E-state index is 12.3. The number of carbonyl (C=O) groups is 1. The Bertz CT molecular complexity index is 451. The smallest absolute Gasteiger partial charge is 0.230 e. The average Bonchev–Trinajstić information content (AvgIpc) is 2.74. The Kier molecular flexibility index (Phi) is 3.48. The predicted molar refractivity (Wildman–Crippen MR) is 71.7 cm³/mol. The molecule has 0 aliphatic carbocycles. The fourth-order valence-electron chi connectivity index (χ4n) is 2.94. The first-order valence-corrected chi connectivity index (χ1v) is 6.85. The lowest BCUT2D eigenvalue weighted by atomic mass is 9.99. The fraction of sp³-hybridized carbons (Fsp3) is 0.571. The van der Waals surface area contributed by atoms with Crippen LogP contribution in [0.2, 0.25) is 0 Å². The second-order valence-corrected chi connectivity index (χ2v) is 5.22. The number of morpholine rings is 1. The number of hydrogen-bond acceptors (Lipinski definition) is 4. The molecule has 3 atom stereocenters. The predicted octanol–water partition coefficient (Wildman–Crippen LogP) is 1.13. The number of aromatic nitrogens is 1. The first kappa shape index (κ1) is 12.6. The van der Waals surface area contributed by atoms with Crippen molar-refractivity contribution < 1.29 is 9.53 Å². The summed E-state index contributed by atoms with van der Waals surface area (Å²) in [4.78, 5) is 18.7. The van der Waals surface area contributed by atoms with Crippen molar-refractivity contribution in [3.8, 4) is 0 Å². The molecule has 1 aromatic heterocycles. The fourth-order valence-corrected chi connectivity index (χ4v) is 2.94. The maximum Gasteiger partial charge on any atom is 0.230 e. The normalized spacial score (nSPS) is 30.3. The largest absolute Gasteiger partial charge is 0.371 e. The molecule has 3 heterocycles. The van der Waals surface area contributed by atoms with Gasteiger partial charge in [-0.25, -0.2) is 0 Å². The van der Waals surface area contributed by atoms with Crippen molar-refractivity contribution >= 4 is 11.6 Å². The molecule has 1 aromatic rings. The topological polar surface area (TPSA) is 54.5 Å². The standard InChI is InChI=1S/C14H19N3O2/c1-2-17-8-11-6-12(13(9-17)19-11)14(18)16-10-4-3-5-15-7-10/h3-5,7,11-13H,2,6,8-9H2,1H3,(H,16,18). The van der Waals surface area contributed by atoms with Gasteiger partial charge in [-0.2, -0.15) is 0 Å². The third kappa shape index (κ3) is 2.62. The zero-order valence-corrected chi connectivity index (χ0v) is 11.1. The highest BCUT2D eigenvalue weighted by atomic mass is 16.5. The summed E-state index contributed by atoms with van der Waals surface area (Å²) in [6.07, 6.45) is 4.44. The molecular formula is C14H19N3O2. The minimum absolute atomic E-state index is 0.0374. The van der Waals surface area contributed by atoms with E-state index in [1.54, 1.807) is 12.4 Å². The molecule has 19 heavy (non-hydrogen) atoms. The van der Waals surface area contributed by atoms with Gasteiger partial charge < -0.3 is 10.1 Å². The van der Waals surface area contributed by atoms with Crippen LogP contribution in [-0.4, -0.2) is 47.6 Å². The van der Waals surface area contributed by atoms with Crippen molar-refractivity contribution in [2.24, 2.45) is 5.92 Å². The average molecular weight is 261 g/mol. The number of ether oxygens (including phenoxy) is 1. The molecule has 0 saturated carbocycles. The number of nitrogens with zero attached hydrogens (tertiary/aromatic N) is 2. The summed E-state index contributed by atoms with van der Waals surface area (Å²) < 4.78 is 5.88. The van der Waals surface area contributed by atoms with Crippen LogP contribution in [0.25, 0.3) is 0 Å². The SMILES string of the molecule is CCN1CC2CC(C(=O)Nc3cccnc3)C(C1)O2. The number of anilines is 1. The molecule has 0 spiro atoms. The second kappa shape index (κ2) is 5.27. The first-order valence-electron chi connectivity index (χ1n) is 6.85. The third-order valence-electron chi connectivity index (χ3n) is 3.95. The van der Waals surface area contributed by atoms with Crippen LogP contribution in [0.15, 0.2) is 24.5 Å². The van der Waals surface area contributed by atoms with E-state index in [1.165, 1.54) is 0 Å². The molecule has 0 radical (unpaired) electrons. The van der Waals surface area contributed by atoms with Gasteiger partial charge in [-0.1, -0.05) is 6.92 Å². The van der Waals surface area contributed by atoms with Crippen molar-refractivity contribution in [3.63, 3.8) is 0 Å². The number of likely N-dealkylation sites (N-methyl/N-ethyl adjacent to an activating group) is 1. The van der Waals surface area contributed by atoms with Crippen LogP contribution in [0, 0.1) is 5.92 Å². The van der Waals surface area contributed by atoms with E-state index in [-0.39, 0.29) is 24.0 Å². The molecule has 5 heteroatoms. The van der Waals surface area contributed by atoms with Crippen molar-refractivity contribution in [2.75, 3.05) is 25.0 Å². The Morgan fingerprint density at radius 3 is 3.21 bits per heavy atom. The zero-order chi connectivity index (χ0) is 13.2. The van der Waals surface area contributed by atoms with Gasteiger partial charge in [0, 0.05) is 19.3 Å². The van der Waals surface area contributed by atoms with Crippen molar-refractivity contribution in [1.82, 2.24) is 9.88 Å². The summed E-state index contributed by atoms with van der Waals surface area (Å²) in [7, 11) is 0. The molecule has 5 nitrogen and oxygen atoms in total. The minimum atomic E-state index is -0.0400. The highest BCUT2D eigenvalue weighted by molar-refractivity contribution is 5.93. The van der Waals surface area contributed by atoms with E-state index in [4.69, 9.17) is 4.74 Å². The number of rotatable bonds is 3. The number of fused-ring (bicyclic) bond motifs is 2. The Labute approximate surface area is 113 Å². The summed E-state index contributed by atoms with van der Waals surface area (Å²) in [6, 6.07) is 3.67. The monoisotopic (exact) mass is 261 g/mol. The summed E-state index contributed by atoms with van der Waals surface area (Å²) in [5.41, 5.74) is 0.751. The first-order chi connectivity index (χ1) is 9.26. The molecule has 2 fully saturated rings. The molecule has 2 aliphatic rings. The summed E-state index contributed by atoms with van der Waals surface area (Å²) in [6.45, 7) is 4.98. The molecule has 2 saturated heterocycles. The molecule has 1 N–H and O–H groups in total. The lowest BCUT2D eigenvalue weighted by Crippen LogP contribution is -2.44. The van der Waals surface area contributed by atoms with E-state index in [0.717, 1.165) is 31.7 Å². The van der Waals surface area contributed by atoms with E-state index < -0.39 is 0 Å². The van der Waals surface area contributed by atoms with Gasteiger partial charge in [-0.15, -0.1) is 0 Å².